The highest BCUT2D eigenvalue weighted by molar-refractivity contribution is 6.42. The van der Waals surface area contributed by atoms with Crippen LogP contribution in [0.5, 0.6) is 23.0 Å². The molecule has 0 fully saturated rings. The number of nitrogens with zero attached hydrogens (tertiary/aromatic N) is 6. The number of carboxylic acids is 1. The number of carbonyl (C=O) groups excluding carboxylic acids is 1. The SMILES string of the molecule is CCN(CC)Cc1cnc(NC(=O)c2ccc(-c3c(Cl)c(OC)cc(OC)c3Cl)c3nccnc23)[nH]1.COc1cc(OC)c(Cl)c(-c2ccc(C(=O)O)c3nccnc23)c1Cl. The molecule has 0 spiro atoms. The van der Waals surface area contributed by atoms with Crippen LogP contribution < -0.4 is 24.3 Å². The predicted octanol–water partition coefficient (Wildman–Crippen LogP) is 9.76. The fourth-order valence-electron chi connectivity index (χ4n) is 6.48. The van der Waals surface area contributed by atoms with Gasteiger partial charge in [0.1, 0.15) is 34.0 Å². The third kappa shape index (κ3) is 9.06. The molecule has 0 saturated heterocycles. The van der Waals surface area contributed by atoms with Crippen molar-refractivity contribution in [2.75, 3.05) is 46.8 Å². The number of rotatable bonds is 13. The van der Waals surface area contributed by atoms with Crippen LogP contribution in [0.2, 0.25) is 20.1 Å². The number of benzene rings is 4. The number of hydrogen-bond donors (Lipinski definition) is 3. The Labute approximate surface area is 369 Å². The number of fused-ring (bicyclic) bond motifs is 2. The molecule has 3 N–H and O–H groups in total. The van der Waals surface area contributed by atoms with Gasteiger partial charge in [-0.25, -0.2) is 9.78 Å². The van der Waals surface area contributed by atoms with Gasteiger partial charge in [0.25, 0.3) is 5.91 Å². The second kappa shape index (κ2) is 19.6. The molecule has 19 heteroatoms. The Morgan fingerprint density at radius 1 is 0.639 bits per heavy atom. The van der Waals surface area contributed by atoms with Crippen LogP contribution in [-0.2, 0) is 6.54 Å². The van der Waals surface area contributed by atoms with Crippen molar-refractivity contribution in [2.45, 2.75) is 20.4 Å². The first-order valence-electron chi connectivity index (χ1n) is 18.4. The molecule has 0 bridgehead atoms. The molecular weight excluding hydrogens is 870 g/mol. The lowest BCUT2D eigenvalue weighted by Gasteiger charge is -2.16. The van der Waals surface area contributed by atoms with E-state index in [9.17, 15) is 14.7 Å². The zero-order chi connectivity index (χ0) is 44.0. The zero-order valence-corrected chi connectivity index (χ0v) is 36.6. The van der Waals surface area contributed by atoms with E-state index in [0.717, 1.165) is 18.8 Å². The van der Waals surface area contributed by atoms with Crippen LogP contribution in [0.3, 0.4) is 0 Å². The number of halogens is 4. The fourth-order valence-corrected chi connectivity index (χ4v) is 7.89. The van der Waals surface area contributed by atoms with Crippen LogP contribution in [0.25, 0.3) is 44.3 Å². The Balaban J connectivity index is 0.000000218. The molecule has 1 amide bonds. The molecule has 0 aliphatic heterocycles. The van der Waals surface area contributed by atoms with Gasteiger partial charge in [-0.15, -0.1) is 0 Å². The van der Waals surface area contributed by atoms with Crippen molar-refractivity contribution in [3.8, 4) is 45.3 Å². The fraction of sp³-hybridized carbons (Fsp3) is 0.214. The Morgan fingerprint density at radius 2 is 1.05 bits per heavy atom. The summed E-state index contributed by atoms with van der Waals surface area (Å²) in [5.41, 5.74) is 4.72. The predicted molar refractivity (Wildman–Crippen MR) is 236 cm³/mol. The maximum absolute atomic E-state index is 13.2. The number of methoxy groups -OCH3 is 4. The summed E-state index contributed by atoms with van der Waals surface area (Å²) in [5, 5.41) is 13.3. The van der Waals surface area contributed by atoms with Crippen molar-refractivity contribution in [3.63, 3.8) is 0 Å². The molecule has 7 rings (SSSR count). The Kier molecular flexibility index (Phi) is 14.3. The number of nitrogens with one attached hydrogen (secondary N) is 2. The Morgan fingerprint density at radius 3 is 1.46 bits per heavy atom. The van der Waals surface area contributed by atoms with Gasteiger partial charge < -0.3 is 29.0 Å². The molecule has 15 nitrogen and oxygen atoms in total. The summed E-state index contributed by atoms with van der Waals surface area (Å²) in [6.07, 6.45) is 7.67. The average Bonchev–Trinajstić information content (AvgIpc) is 3.72. The van der Waals surface area contributed by atoms with Crippen molar-refractivity contribution in [1.29, 1.82) is 0 Å². The summed E-state index contributed by atoms with van der Waals surface area (Å²) in [7, 11) is 5.96. The van der Waals surface area contributed by atoms with E-state index in [1.807, 2.05) is 0 Å². The lowest BCUT2D eigenvalue weighted by molar-refractivity contribution is 0.0698. The standard InChI is InChI=1S/C25H26Cl2N6O3.C17H12Cl2N2O4/c1-5-33(6-2)13-14-12-30-25(31-14)32-24(34)16-8-7-15(22-23(16)29-10-9-28-22)19-20(26)17(35-3)11-18(36-4)21(19)27;1-24-10-7-11(25-2)14(19)12(13(10)18)8-3-4-9(17(22)23)16-15(8)20-5-6-21-16/h7-12H,5-6,13H2,1-4H3,(H2,30,31,32,34);3-7H,1-2H3,(H,22,23). The highest BCUT2D eigenvalue weighted by Crippen LogP contribution is 2.49. The number of H-pyrrole nitrogens is 1. The van der Waals surface area contributed by atoms with Gasteiger partial charge in [0.2, 0.25) is 5.95 Å². The molecule has 3 aromatic heterocycles. The maximum Gasteiger partial charge on any atom is 0.337 e. The van der Waals surface area contributed by atoms with Gasteiger partial charge in [-0.1, -0.05) is 72.4 Å². The van der Waals surface area contributed by atoms with Gasteiger partial charge in [-0.05, 0) is 25.2 Å². The quantitative estimate of drug-likeness (QED) is 0.0994. The molecule has 0 radical (unpaired) electrons. The van der Waals surface area contributed by atoms with Crippen LogP contribution in [-0.4, -0.2) is 93.3 Å². The summed E-state index contributed by atoms with van der Waals surface area (Å²) in [4.78, 5) is 51.7. The van der Waals surface area contributed by atoms with E-state index in [4.69, 9.17) is 65.4 Å². The third-order valence-electron chi connectivity index (χ3n) is 9.56. The molecule has 0 aliphatic carbocycles. The summed E-state index contributed by atoms with van der Waals surface area (Å²) in [6.45, 7) is 6.74. The van der Waals surface area contributed by atoms with Crippen molar-refractivity contribution < 1.29 is 33.6 Å². The Hall–Kier alpha value is -5.97. The molecule has 0 unspecified atom stereocenters. The third-order valence-corrected chi connectivity index (χ3v) is 11.1. The summed E-state index contributed by atoms with van der Waals surface area (Å²) >= 11 is 26.2. The van der Waals surface area contributed by atoms with Gasteiger partial charge in [0, 0.05) is 65.7 Å². The molecular formula is C42H38Cl4N8O7. The van der Waals surface area contributed by atoms with Crippen molar-refractivity contribution in [2.24, 2.45) is 0 Å². The highest BCUT2D eigenvalue weighted by Gasteiger charge is 2.25. The number of amides is 1. The van der Waals surface area contributed by atoms with E-state index in [1.165, 1.54) is 53.1 Å². The van der Waals surface area contributed by atoms with Crippen LogP contribution in [0.4, 0.5) is 5.95 Å². The first kappa shape index (κ1) is 44.6. The van der Waals surface area contributed by atoms with Crippen molar-refractivity contribution in [1.82, 2.24) is 34.8 Å². The molecule has 4 aromatic carbocycles. The molecule has 3 heterocycles. The maximum atomic E-state index is 13.2. The molecule has 61 heavy (non-hydrogen) atoms. The van der Waals surface area contributed by atoms with Crippen molar-refractivity contribution >= 4 is 86.3 Å². The Bertz CT molecular complexity index is 2710. The highest BCUT2D eigenvalue weighted by atomic mass is 35.5. The molecule has 0 aliphatic rings. The minimum atomic E-state index is -1.10. The van der Waals surface area contributed by atoms with E-state index in [1.54, 1.807) is 42.7 Å². The second-order valence-corrected chi connectivity index (χ2v) is 14.4. The van der Waals surface area contributed by atoms with Crippen LogP contribution in [0, 0.1) is 0 Å². The number of aromatic nitrogens is 6. The van der Waals surface area contributed by atoms with Gasteiger partial charge in [-0.3, -0.25) is 34.9 Å². The normalized spacial score (nSPS) is 11.0. The summed E-state index contributed by atoms with van der Waals surface area (Å²) in [6, 6.07) is 9.60. The summed E-state index contributed by atoms with van der Waals surface area (Å²) < 4.78 is 21.4. The number of imidazole rings is 1. The minimum absolute atomic E-state index is 0.0361. The average molecular weight is 909 g/mol. The van der Waals surface area contributed by atoms with Gasteiger partial charge >= 0.3 is 5.97 Å². The van der Waals surface area contributed by atoms with Crippen LogP contribution in [0.1, 0.15) is 40.3 Å². The molecule has 7 aromatic rings. The molecule has 0 saturated carbocycles. The van der Waals surface area contributed by atoms with E-state index in [0.29, 0.717) is 89.9 Å². The largest absolute Gasteiger partial charge is 0.495 e. The number of aromatic carboxylic acids is 1. The summed E-state index contributed by atoms with van der Waals surface area (Å²) in [5.74, 6) is 0.408. The first-order chi connectivity index (χ1) is 29.4. The van der Waals surface area contributed by atoms with Gasteiger partial charge in [0.05, 0.1) is 82.6 Å². The number of aromatic amines is 1. The van der Waals surface area contributed by atoms with Gasteiger partial charge in [-0.2, -0.15) is 0 Å². The second-order valence-electron chi connectivity index (χ2n) is 12.9. The van der Waals surface area contributed by atoms with E-state index >= 15 is 0 Å². The molecule has 316 valence electrons. The lowest BCUT2D eigenvalue weighted by Crippen LogP contribution is -2.22. The number of ether oxygens (including phenoxy) is 4. The van der Waals surface area contributed by atoms with E-state index in [2.05, 4.69) is 54.0 Å². The molecule has 0 atom stereocenters. The van der Waals surface area contributed by atoms with Gasteiger partial charge in [0.15, 0.2) is 0 Å². The first-order valence-corrected chi connectivity index (χ1v) is 19.9. The minimum Gasteiger partial charge on any atom is -0.495 e. The number of hydrogen-bond acceptors (Lipinski definition) is 12. The lowest BCUT2D eigenvalue weighted by atomic mass is 9.99. The number of carboxylic acid groups (broad SMARTS) is 1. The smallest absolute Gasteiger partial charge is 0.337 e. The van der Waals surface area contributed by atoms with Crippen LogP contribution in [0.15, 0.2) is 67.4 Å². The van der Waals surface area contributed by atoms with E-state index in [-0.39, 0.29) is 27.0 Å². The topological polar surface area (TPSA) is 187 Å². The van der Waals surface area contributed by atoms with Crippen LogP contribution >= 0.6 is 46.4 Å². The monoisotopic (exact) mass is 906 g/mol. The van der Waals surface area contributed by atoms with E-state index < -0.39 is 5.97 Å². The zero-order valence-electron chi connectivity index (χ0n) is 33.6. The van der Waals surface area contributed by atoms with Crippen molar-refractivity contribution in [3.05, 3.63) is 104 Å². The number of carbonyl (C=O) groups is 2. The number of anilines is 1.